The first-order valence-corrected chi connectivity index (χ1v) is 9.53. The van der Waals surface area contributed by atoms with Crippen LogP contribution in [0.5, 0.6) is 11.5 Å². The molecular weight excluding hydrogens is 394 g/mol. The van der Waals surface area contributed by atoms with Gasteiger partial charge in [0.05, 0.1) is 30.3 Å². The number of rotatable bonds is 9. The van der Waals surface area contributed by atoms with E-state index in [-0.39, 0.29) is 16.5 Å². The van der Waals surface area contributed by atoms with Crippen molar-refractivity contribution in [2.75, 3.05) is 19.0 Å². The number of ether oxygens (including phenoxy) is 2. The molecule has 9 heteroatoms. The summed E-state index contributed by atoms with van der Waals surface area (Å²) in [5, 5.41) is 16.4. The van der Waals surface area contributed by atoms with Crippen molar-refractivity contribution in [3.05, 3.63) is 58.1 Å². The van der Waals surface area contributed by atoms with Crippen LogP contribution in [0.15, 0.2) is 42.5 Å². The van der Waals surface area contributed by atoms with Crippen molar-refractivity contribution in [1.29, 1.82) is 0 Å². The molecule has 0 aromatic heterocycles. The third-order valence-electron chi connectivity index (χ3n) is 4.01. The standard InChI is InChI=1S/C20H23N3O5S/c1-3-4-7-12-28-18-9-6-5-8-15(18)19(24)22-20(29)21-16-11-10-14(27-2)13-17(16)23(25)26/h5-6,8-11,13H,3-4,7,12H2,1-2H3,(H2,21,22,24,29). The van der Waals surface area contributed by atoms with Gasteiger partial charge in [-0.05, 0) is 42.9 Å². The summed E-state index contributed by atoms with van der Waals surface area (Å²) in [5.74, 6) is 0.329. The van der Waals surface area contributed by atoms with E-state index in [1.54, 1.807) is 30.3 Å². The third kappa shape index (κ3) is 6.42. The van der Waals surface area contributed by atoms with Crippen LogP contribution in [0.2, 0.25) is 0 Å². The molecule has 2 N–H and O–H groups in total. The molecule has 2 aromatic carbocycles. The SMILES string of the molecule is CCCCCOc1ccccc1C(=O)NC(=S)Nc1ccc(OC)cc1[N+](=O)[O-]. The number of anilines is 1. The number of benzene rings is 2. The summed E-state index contributed by atoms with van der Waals surface area (Å²) in [5.41, 5.74) is 0.253. The Morgan fingerprint density at radius 1 is 1.21 bits per heavy atom. The van der Waals surface area contributed by atoms with Gasteiger partial charge in [0, 0.05) is 0 Å². The highest BCUT2D eigenvalue weighted by Crippen LogP contribution is 2.29. The molecule has 0 spiro atoms. The quantitative estimate of drug-likeness (QED) is 0.271. The van der Waals surface area contributed by atoms with E-state index in [0.717, 1.165) is 19.3 Å². The van der Waals surface area contributed by atoms with E-state index in [4.69, 9.17) is 21.7 Å². The third-order valence-corrected chi connectivity index (χ3v) is 4.22. The van der Waals surface area contributed by atoms with Crippen molar-refractivity contribution in [3.63, 3.8) is 0 Å². The number of carbonyl (C=O) groups excluding carboxylic acids is 1. The minimum absolute atomic E-state index is 0.0657. The van der Waals surface area contributed by atoms with Crippen molar-refractivity contribution in [2.24, 2.45) is 0 Å². The Balaban J connectivity index is 2.07. The number of carbonyl (C=O) groups is 1. The van der Waals surface area contributed by atoms with E-state index in [1.165, 1.54) is 19.2 Å². The zero-order chi connectivity index (χ0) is 21.2. The van der Waals surface area contributed by atoms with E-state index in [1.807, 2.05) is 0 Å². The molecule has 0 heterocycles. The Hall–Kier alpha value is -3.20. The van der Waals surface area contributed by atoms with E-state index >= 15 is 0 Å². The van der Waals surface area contributed by atoms with Crippen LogP contribution in [-0.2, 0) is 0 Å². The molecule has 0 bridgehead atoms. The van der Waals surface area contributed by atoms with E-state index < -0.39 is 10.8 Å². The number of methoxy groups -OCH3 is 1. The van der Waals surface area contributed by atoms with Crippen LogP contribution in [0.4, 0.5) is 11.4 Å². The molecular formula is C20H23N3O5S. The van der Waals surface area contributed by atoms with Gasteiger partial charge in [-0.1, -0.05) is 31.9 Å². The average Bonchev–Trinajstić information content (AvgIpc) is 2.71. The first kappa shape index (κ1) is 22.1. The summed E-state index contributed by atoms with van der Waals surface area (Å²) in [6, 6.07) is 11.1. The van der Waals surface area contributed by atoms with E-state index in [0.29, 0.717) is 23.7 Å². The van der Waals surface area contributed by atoms with Gasteiger partial charge < -0.3 is 14.8 Å². The molecule has 1 amide bonds. The van der Waals surface area contributed by atoms with Crippen LogP contribution in [-0.4, -0.2) is 29.7 Å². The van der Waals surface area contributed by atoms with Crippen molar-refractivity contribution in [1.82, 2.24) is 5.32 Å². The Bertz CT molecular complexity index is 888. The molecule has 29 heavy (non-hydrogen) atoms. The van der Waals surface area contributed by atoms with Crippen LogP contribution in [0.25, 0.3) is 0 Å². The highest BCUT2D eigenvalue weighted by Gasteiger charge is 2.18. The number of hydrogen-bond donors (Lipinski definition) is 2. The largest absolute Gasteiger partial charge is 0.496 e. The fraction of sp³-hybridized carbons (Fsp3) is 0.300. The fourth-order valence-electron chi connectivity index (χ4n) is 2.53. The number of nitro benzene ring substituents is 1. The predicted molar refractivity (Wildman–Crippen MR) is 115 cm³/mol. The van der Waals surface area contributed by atoms with Crippen molar-refractivity contribution < 1.29 is 19.2 Å². The first-order valence-electron chi connectivity index (χ1n) is 9.12. The minimum atomic E-state index is -0.561. The number of hydrogen-bond acceptors (Lipinski definition) is 6. The summed E-state index contributed by atoms with van der Waals surface area (Å²) in [7, 11) is 1.42. The second-order valence-electron chi connectivity index (χ2n) is 6.10. The Morgan fingerprint density at radius 3 is 2.66 bits per heavy atom. The van der Waals surface area contributed by atoms with E-state index in [9.17, 15) is 14.9 Å². The summed E-state index contributed by atoms with van der Waals surface area (Å²) in [6.07, 6.45) is 3.01. The van der Waals surface area contributed by atoms with Crippen LogP contribution >= 0.6 is 12.2 Å². The number of thiocarbonyl (C=S) groups is 1. The Morgan fingerprint density at radius 2 is 1.97 bits per heavy atom. The lowest BCUT2D eigenvalue weighted by atomic mass is 10.2. The topological polar surface area (TPSA) is 103 Å². The second-order valence-corrected chi connectivity index (χ2v) is 6.51. The normalized spacial score (nSPS) is 10.1. The molecule has 0 unspecified atom stereocenters. The molecule has 0 aliphatic rings. The summed E-state index contributed by atoms with van der Waals surface area (Å²) in [4.78, 5) is 23.3. The van der Waals surface area contributed by atoms with Gasteiger partial charge in [0.25, 0.3) is 11.6 Å². The Kier molecular flexibility index (Phi) is 8.35. The van der Waals surface area contributed by atoms with Gasteiger partial charge in [-0.3, -0.25) is 20.2 Å². The molecule has 8 nitrogen and oxygen atoms in total. The van der Waals surface area contributed by atoms with Gasteiger partial charge in [0.2, 0.25) is 0 Å². The predicted octanol–water partition coefficient (Wildman–Crippen LogP) is 4.30. The maximum Gasteiger partial charge on any atom is 0.296 e. The number of amides is 1. The van der Waals surface area contributed by atoms with Gasteiger partial charge >= 0.3 is 0 Å². The minimum Gasteiger partial charge on any atom is -0.496 e. The fourth-order valence-corrected chi connectivity index (χ4v) is 2.74. The smallest absolute Gasteiger partial charge is 0.296 e. The van der Waals surface area contributed by atoms with Gasteiger partial charge in [-0.25, -0.2) is 0 Å². The van der Waals surface area contributed by atoms with Gasteiger partial charge in [-0.2, -0.15) is 0 Å². The van der Waals surface area contributed by atoms with Crippen molar-refractivity contribution in [2.45, 2.75) is 26.2 Å². The molecule has 0 radical (unpaired) electrons. The molecule has 0 aliphatic carbocycles. The highest BCUT2D eigenvalue weighted by molar-refractivity contribution is 7.80. The molecule has 0 saturated carbocycles. The maximum absolute atomic E-state index is 12.6. The number of unbranched alkanes of at least 4 members (excludes halogenated alkanes) is 2. The lowest BCUT2D eigenvalue weighted by Gasteiger charge is -2.13. The average molecular weight is 417 g/mol. The number of nitrogens with zero attached hydrogens (tertiary/aromatic N) is 1. The van der Waals surface area contributed by atoms with Gasteiger partial charge in [-0.15, -0.1) is 0 Å². The molecule has 0 atom stereocenters. The van der Waals surface area contributed by atoms with Crippen molar-refractivity contribution >= 4 is 34.6 Å². The lowest BCUT2D eigenvalue weighted by molar-refractivity contribution is -0.384. The molecule has 154 valence electrons. The number of nitro groups is 1. The van der Waals surface area contributed by atoms with Crippen molar-refractivity contribution in [3.8, 4) is 11.5 Å². The zero-order valence-corrected chi connectivity index (χ0v) is 17.1. The monoisotopic (exact) mass is 417 g/mol. The Labute approximate surface area is 174 Å². The van der Waals surface area contributed by atoms with Crippen LogP contribution in [0.3, 0.4) is 0 Å². The number of para-hydroxylation sites is 1. The van der Waals surface area contributed by atoms with Gasteiger partial charge in [0.1, 0.15) is 17.2 Å². The summed E-state index contributed by atoms with van der Waals surface area (Å²) >= 11 is 5.15. The van der Waals surface area contributed by atoms with Crippen LogP contribution in [0.1, 0.15) is 36.5 Å². The molecule has 2 rings (SSSR count). The zero-order valence-electron chi connectivity index (χ0n) is 16.3. The maximum atomic E-state index is 12.6. The van der Waals surface area contributed by atoms with Crippen LogP contribution < -0.4 is 20.1 Å². The lowest BCUT2D eigenvalue weighted by Crippen LogP contribution is -2.34. The summed E-state index contributed by atoms with van der Waals surface area (Å²) < 4.78 is 10.7. The van der Waals surface area contributed by atoms with E-state index in [2.05, 4.69) is 17.6 Å². The van der Waals surface area contributed by atoms with Crippen LogP contribution in [0, 0.1) is 10.1 Å². The highest BCUT2D eigenvalue weighted by atomic mass is 32.1. The molecule has 0 aliphatic heterocycles. The molecule has 2 aromatic rings. The summed E-state index contributed by atoms with van der Waals surface area (Å²) in [6.45, 7) is 2.61. The first-order chi connectivity index (χ1) is 14.0. The number of nitrogens with one attached hydrogen (secondary N) is 2. The second kappa shape index (κ2) is 11.0. The molecule has 0 fully saturated rings. The molecule has 0 saturated heterocycles. The van der Waals surface area contributed by atoms with Gasteiger partial charge in [0.15, 0.2) is 5.11 Å².